The summed E-state index contributed by atoms with van der Waals surface area (Å²) >= 11 is 0. The minimum absolute atomic E-state index is 0.0825. The number of likely N-dealkylation sites (tertiary alicyclic amines) is 1. The molecule has 0 amide bonds. The van der Waals surface area contributed by atoms with Crippen molar-refractivity contribution in [3.05, 3.63) is 47.6 Å². The van der Waals surface area contributed by atoms with Gasteiger partial charge in [0.25, 0.3) is 0 Å². The summed E-state index contributed by atoms with van der Waals surface area (Å²) in [6, 6.07) is 9.99. The van der Waals surface area contributed by atoms with Crippen LogP contribution in [-0.2, 0) is 0 Å². The molecule has 0 bridgehead atoms. The van der Waals surface area contributed by atoms with Crippen LogP contribution in [0.15, 0.2) is 34.9 Å². The maximum atomic E-state index is 10.4. The molecule has 1 aliphatic heterocycles. The highest BCUT2D eigenvalue weighted by Crippen LogP contribution is 2.21. The Morgan fingerprint density at radius 2 is 2.00 bits per heavy atom. The molecule has 0 aliphatic carbocycles. The van der Waals surface area contributed by atoms with Crippen LogP contribution in [0.1, 0.15) is 49.2 Å². The van der Waals surface area contributed by atoms with Crippen molar-refractivity contribution in [3.63, 3.8) is 0 Å². The Bertz CT molecular complexity index is 638. The predicted octanol–water partition coefficient (Wildman–Crippen LogP) is 2.47. The van der Waals surface area contributed by atoms with Crippen molar-refractivity contribution < 1.29 is 9.63 Å². The fourth-order valence-electron chi connectivity index (χ4n) is 3.32. The van der Waals surface area contributed by atoms with Gasteiger partial charge in [-0.3, -0.25) is 0 Å². The smallest absolute Gasteiger partial charge is 0.243 e. The number of aliphatic hydroxyl groups is 1. The molecule has 6 heteroatoms. The van der Waals surface area contributed by atoms with Crippen molar-refractivity contribution in [2.75, 3.05) is 26.2 Å². The molecule has 0 saturated carbocycles. The van der Waals surface area contributed by atoms with E-state index >= 15 is 0 Å². The largest absolute Gasteiger partial charge is 0.387 e. The van der Waals surface area contributed by atoms with E-state index in [1.807, 2.05) is 37.3 Å². The van der Waals surface area contributed by atoms with Crippen molar-refractivity contribution >= 4 is 0 Å². The van der Waals surface area contributed by atoms with Gasteiger partial charge in [0.05, 0.1) is 12.1 Å². The number of aliphatic hydroxyl groups excluding tert-OH is 1. The van der Waals surface area contributed by atoms with Gasteiger partial charge in [-0.25, -0.2) is 0 Å². The van der Waals surface area contributed by atoms with Crippen molar-refractivity contribution in [3.8, 4) is 0 Å². The first-order chi connectivity index (χ1) is 12.1. The average Bonchev–Trinajstić information content (AvgIpc) is 3.08. The second-order valence-corrected chi connectivity index (χ2v) is 6.98. The number of benzene rings is 1. The summed E-state index contributed by atoms with van der Waals surface area (Å²) < 4.78 is 5.21. The third-order valence-electron chi connectivity index (χ3n) is 4.95. The number of rotatable bonds is 7. The van der Waals surface area contributed by atoms with Crippen LogP contribution in [0.2, 0.25) is 0 Å². The molecule has 1 saturated heterocycles. The summed E-state index contributed by atoms with van der Waals surface area (Å²) in [5.41, 5.74) is 0.995. The monoisotopic (exact) mass is 344 g/mol. The van der Waals surface area contributed by atoms with Crippen molar-refractivity contribution in [2.45, 2.75) is 38.8 Å². The molecule has 2 heterocycles. The first-order valence-corrected chi connectivity index (χ1v) is 9.11. The zero-order chi connectivity index (χ0) is 17.6. The van der Waals surface area contributed by atoms with Gasteiger partial charge in [0.1, 0.15) is 0 Å². The van der Waals surface area contributed by atoms with Crippen molar-refractivity contribution in [2.24, 2.45) is 5.92 Å². The van der Waals surface area contributed by atoms with E-state index in [2.05, 4.69) is 27.3 Å². The van der Waals surface area contributed by atoms with E-state index in [0.717, 1.165) is 38.0 Å². The number of aromatic nitrogens is 2. The number of piperidine rings is 1. The first kappa shape index (κ1) is 18.0. The predicted molar refractivity (Wildman–Crippen MR) is 96.0 cm³/mol. The summed E-state index contributed by atoms with van der Waals surface area (Å²) in [4.78, 5) is 6.63. The van der Waals surface area contributed by atoms with Gasteiger partial charge in [-0.1, -0.05) is 35.5 Å². The zero-order valence-electron chi connectivity index (χ0n) is 15.1. The van der Waals surface area contributed by atoms with E-state index < -0.39 is 6.10 Å². The fraction of sp³-hybridized carbons (Fsp3) is 0.579. The molecule has 3 rings (SSSR count). The van der Waals surface area contributed by atoms with Crippen LogP contribution in [0.4, 0.5) is 0 Å². The lowest BCUT2D eigenvalue weighted by atomic mass is 9.96. The van der Waals surface area contributed by atoms with Crippen LogP contribution in [0.3, 0.4) is 0 Å². The maximum Gasteiger partial charge on any atom is 0.243 e. The Morgan fingerprint density at radius 1 is 1.28 bits per heavy atom. The lowest BCUT2D eigenvalue weighted by Gasteiger charge is -2.33. The number of nitrogens with zero attached hydrogens (tertiary/aromatic N) is 3. The molecule has 2 atom stereocenters. The molecule has 0 unspecified atom stereocenters. The Labute approximate surface area is 149 Å². The van der Waals surface area contributed by atoms with Gasteiger partial charge in [-0.05, 0) is 57.8 Å². The first-order valence-electron chi connectivity index (χ1n) is 9.11. The number of hydrogen-bond donors (Lipinski definition) is 2. The zero-order valence-corrected chi connectivity index (χ0v) is 15.1. The average molecular weight is 344 g/mol. The molecule has 1 aromatic heterocycles. The van der Waals surface area contributed by atoms with E-state index in [1.54, 1.807) is 0 Å². The minimum Gasteiger partial charge on any atom is -0.387 e. The quantitative estimate of drug-likeness (QED) is 0.804. The molecule has 136 valence electrons. The third-order valence-corrected chi connectivity index (χ3v) is 4.95. The molecule has 1 aromatic carbocycles. The second kappa shape index (κ2) is 8.56. The SMILES string of the molecule is Cc1noc([C@H](C)NCC2CCN(C[C@H](O)c3ccccc3)CC2)n1. The third kappa shape index (κ3) is 5.11. The molecule has 6 nitrogen and oxygen atoms in total. The number of nitrogens with one attached hydrogen (secondary N) is 1. The fourth-order valence-corrected chi connectivity index (χ4v) is 3.32. The summed E-state index contributed by atoms with van der Waals surface area (Å²) in [6.45, 7) is 7.62. The Morgan fingerprint density at radius 3 is 2.64 bits per heavy atom. The lowest BCUT2D eigenvalue weighted by Crippen LogP contribution is -2.39. The van der Waals surface area contributed by atoms with Crippen LogP contribution in [0.25, 0.3) is 0 Å². The summed E-state index contributed by atoms with van der Waals surface area (Å²) in [5.74, 6) is 1.98. The lowest BCUT2D eigenvalue weighted by molar-refractivity contribution is 0.0886. The summed E-state index contributed by atoms with van der Waals surface area (Å²) in [6.07, 6.45) is 1.88. The second-order valence-electron chi connectivity index (χ2n) is 6.98. The van der Waals surface area contributed by atoms with E-state index in [0.29, 0.717) is 24.2 Å². The highest BCUT2D eigenvalue weighted by Gasteiger charge is 2.22. The van der Waals surface area contributed by atoms with Gasteiger partial charge in [0, 0.05) is 6.54 Å². The number of β-amino-alcohol motifs (C(OH)–C–C–N with tert-alkyl or cyclic N) is 1. The van der Waals surface area contributed by atoms with Crippen LogP contribution in [-0.4, -0.2) is 46.3 Å². The van der Waals surface area contributed by atoms with Gasteiger partial charge in [-0.15, -0.1) is 0 Å². The molecular formula is C19H28N4O2. The Balaban J connectivity index is 1.38. The van der Waals surface area contributed by atoms with Crippen molar-refractivity contribution in [1.82, 2.24) is 20.4 Å². The Kier molecular flexibility index (Phi) is 6.18. The normalized spacial score (nSPS) is 19.0. The van der Waals surface area contributed by atoms with Crippen LogP contribution >= 0.6 is 0 Å². The van der Waals surface area contributed by atoms with E-state index in [9.17, 15) is 5.11 Å². The number of aryl methyl sites for hydroxylation is 1. The van der Waals surface area contributed by atoms with Gasteiger partial charge in [0.15, 0.2) is 5.82 Å². The highest BCUT2D eigenvalue weighted by molar-refractivity contribution is 5.17. The van der Waals surface area contributed by atoms with Gasteiger partial charge < -0.3 is 19.8 Å². The minimum atomic E-state index is -0.406. The van der Waals surface area contributed by atoms with E-state index in [1.165, 1.54) is 0 Å². The van der Waals surface area contributed by atoms with Crippen molar-refractivity contribution in [1.29, 1.82) is 0 Å². The van der Waals surface area contributed by atoms with Gasteiger partial charge in [0.2, 0.25) is 5.89 Å². The molecule has 1 aliphatic rings. The molecule has 1 fully saturated rings. The Hall–Kier alpha value is -1.76. The molecule has 0 spiro atoms. The van der Waals surface area contributed by atoms with Gasteiger partial charge in [-0.2, -0.15) is 4.98 Å². The van der Waals surface area contributed by atoms with Gasteiger partial charge >= 0.3 is 0 Å². The maximum absolute atomic E-state index is 10.4. The van der Waals surface area contributed by atoms with Crippen LogP contribution in [0, 0.1) is 12.8 Å². The molecule has 2 aromatic rings. The molecular weight excluding hydrogens is 316 g/mol. The standard InChI is InChI=1S/C19H28N4O2/c1-14(19-21-15(2)22-25-19)20-12-16-8-10-23(11-9-16)13-18(24)17-6-4-3-5-7-17/h3-7,14,16,18,20,24H,8-13H2,1-2H3/t14-,18-/m0/s1. The van der Waals surface area contributed by atoms with E-state index in [4.69, 9.17) is 4.52 Å². The highest BCUT2D eigenvalue weighted by atomic mass is 16.5. The van der Waals surface area contributed by atoms with Crippen LogP contribution in [0.5, 0.6) is 0 Å². The molecule has 0 radical (unpaired) electrons. The summed E-state index contributed by atoms with van der Waals surface area (Å²) in [5, 5.41) is 17.7. The molecule has 25 heavy (non-hydrogen) atoms. The topological polar surface area (TPSA) is 74.4 Å². The van der Waals surface area contributed by atoms with Crippen LogP contribution < -0.4 is 5.32 Å². The molecule has 2 N–H and O–H groups in total. The van der Waals surface area contributed by atoms with E-state index in [-0.39, 0.29) is 6.04 Å². The number of hydrogen-bond acceptors (Lipinski definition) is 6. The summed E-state index contributed by atoms with van der Waals surface area (Å²) in [7, 11) is 0.